The first-order valence-corrected chi connectivity index (χ1v) is 9.29. The first-order valence-electron chi connectivity index (χ1n) is 8.14. The van der Waals surface area contributed by atoms with Gasteiger partial charge in [0.15, 0.2) is 0 Å². The molecule has 0 heterocycles. The van der Waals surface area contributed by atoms with Crippen LogP contribution in [0, 0.1) is 13.8 Å². The molecule has 2 atom stereocenters. The summed E-state index contributed by atoms with van der Waals surface area (Å²) in [6.07, 6.45) is 0. The normalized spacial score (nSPS) is 11.3. The van der Waals surface area contributed by atoms with Gasteiger partial charge in [-0.25, -0.2) is 0 Å². The third-order valence-electron chi connectivity index (χ3n) is 4.87. The number of hydrogen-bond donors (Lipinski definition) is 0. The maximum atomic E-state index is 2.92. The Labute approximate surface area is 147 Å². The highest BCUT2D eigenvalue weighted by atomic mass is 31.0. The fraction of sp³-hybridized carbons (Fsp3) is 0.0909. The third kappa shape index (κ3) is 2.37. The van der Waals surface area contributed by atoms with Crippen LogP contribution in [0.3, 0.4) is 0 Å². The number of hydrogen-bond acceptors (Lipinski definition) is 0. The molecule has 0 radical (unpaired) electrons. The predicted octanol–water partition coefficient (Wildman–Crippen LogP) is 5.28. The summed E-state index contributed by atoms with van der Waals surface area (Å²) in [4.78, 5) is 0. The second kappa shape index (κ2) is 5.96. The zero-order chi connectivity index (χ0) is 16.8. The van der Waals surface area contributed by atoms with Gasteiger partial charge in [0.1, 0.15) is 0 Å². The van der Waals surface area contributed by atoms with Crippen LogP contribution in [-0.4, -0.2) is 0 Å². The maximum Gasteiger partial charge on any atom is -0.00211 e. The van der Waals surface area contributed by atoms with Crippen LogP contribution in [0.25, 0.3) is 32.7 Å². The van der Waals surface area contributed by atoms with Crippen LogP contribution in [0.4, 0.5) is 0 Å². The van der Waals surface area contributed by atoms with Crippen LogP contribution < -0.4 is 10.6 Å². The van der Waals surface area contributed by atoms with Gasteiger partial charge in [-0.2, -0.15) is 0 Å². The van der Waals surface area contributed by atoms with Gasteiger partial charge in [0.05, 0.1) is 0 Å². The van der Waals surface area contributed by atoms with Gasteiger partial charge in [0.2, 0.25) is 0 Å². The molecule has 0 saturated heterocycles. The van der Waals surface area contributed by atoms with Crippen molar-refractivity contribution in [3.63, 3.8) is 0 Å². The van der Waals surface area contributed by atoms with E-state index >= 15 is 0 Å². The van der Waals surface area contributed by atoms with Crippen LogP contribution in [0.5, 0.6) is 0 Å². The monoisotopic (exact) mass is 346 g/mol. The summed E-state index contributed by atoms with van der Waals surface area (Å²) in [6, 6.07) is 22.1. The van der Waals surface area contributed by atoms with Gasteiger partial charge < -0.3 is 0 Å². The Bertz CT molecular complexity index is 1000. The third-order valence-corrected chi connectivity index (χ3v) is 5.84. The van der Waals surface area contributed by atoms with Crippen molar-refractivity contribution in [3.05, 3.63) is 71.8 Å². The van der Waals surface area contributed by atoms with Gasteiger partial charge in [-0.1, -0.05) is 60.7 Å². The van der Waals surface area contributed by atoms with Gasteiger partial charge in [-0.15, -0.1) is 18.5 Å². The molecule has 4 aromatic carbocycles. The smallest absolute Gasteiger partial charge is 0.00211 e. The van der Waals surface area contributed by atoms with Gasteiger partial charge in [-0.3, -0.25) is 0 Å². The minimum absolute atomic E-state index is 1.24. The molecule has 0 spiro atoms. The Kier molecular flexibility index (Phi) is 3.92. The van der Waals surface area contributed by atoms with E-state index in [-0.39, 0.29) is 0 Å². The van der Waals surface area contributed by atoms with Crippen molar-refractivity contribution in [2.75, 3.05) is 0 Å². The quantitative estimate of drug-likeness (QED) is 0.412. The summed E-state index contributed by atoms with van der Waals surface area (Å²) >= 11 is 0. The molecule has 0 bridgehead atoms. The molecule has 0 fully saturated rings. The Morgan fingerprint density at radius 1 is 0.500 bits per heavy atom. The van der Waals surface area contributed by atoms with Crippen molar-refractivity contribution in [1.82, 2.24) is 0 Å². The first-order chi connectivity index (χ1) is 11.6. The highest BCUT2D eigenvalue weighted by Crippen LogP contribution is 2.35. The number of aryl methyl sites for hydroxylation is 2. The lowest BCUT2D eigenvalue weighted by atomic mass is 9.91. The highest BCUT2D eigenvalue weighted by molar-refractivity contribution is 7.29. The summed E-state index contributed by atoms with van der Waals surface area (Å²) < 4.78 is 0. The molecule has 118 valence electrons. The summed E-state index contributed by atoms with van der Waals surface area (Å²) in [6.45, 7) is 4.37. The average molecular weight is 346 g/mol. The molecular weight excluding hydrogens is 326 g/mol. The maximum absolute atomic E-state index is 2.92. The number of rotatable bonds is 1. The molecule has 0 nitrogen and oxygen atoms in total. The topological polar surface area (TPSA) is 0 Å². The lowest BCUT2D eigenvalue weighted by Crippen LogP contribution is -2.06. The van der Waals surface area contributed by atoms with Crippen molar-refractivity contribution in [1.29, 1.82) is 0 Å². The van der Waals surface area contributed by atoms with E-state index in [0.29, 0.717) is 0 Å². The van der Waals surface area contributed by atoms with E-state index in [4.69, 9.17) is 0 Å². The molecule has 0 aliphatic heterocycles. The molecular formula is C22H20P2. The van der Waals surface area contributed by atoms with E-state index in [0.717, 1.165) is 0 Å². The molecule has 4 rings (SSSR count). The average Bonchev–Trinajstić information content (AvgIpc) is 2.56. The van der Waals surface area contributed by atoms with Crippen LogP contribution >= 0.6 is 18.5 Å². The summed E-state index contributed by atoms with van der Waals surface area (Å²) in [5.74, 6) is 0. The fourth-order valence-corrected chi connectivity index (χ4v) is 4.41. The first kappa shape index (κ1) is 15.8. The van der Waals surface area contributed by atoms with E-state index < -0.39 is 0 Å². The largest absolute Gasteiger partial charge is 0.105 e. The van der Waals surface area contributed by atoms with E-state index in [9.17, 15) is 0 Å². The fourth-order valence-electron chi connectivity index (χ4n) is 3.62. The van der Waals surface area contributed by atoms with Crippen molar-refractivity contribution in [2.24, 2.45) is 0 Å². The lowest BCUT2D eigenvalue weighted by molar-refractivity contribution is 1.53. The minimum atomic E-state index is 1.24. The molecule has 0 amide bonds. The Morgan fingerprint density at radius 2 is 0.917 bits per heavy atom. The van der Waals surface area contributed by atoms with Crippen LogP contribution in [0.1, 0.15) is 11.1 Å². The van der Waals surface area contributed by atoms with E-state index in [2.05, 4.69) is 93.0 Å². The Balaban J connectivity index is 2.22. The molecule has 0 aromatic heterocycles. The van der Waals surface area contributed by atoms with Crippen molar-refractivity contribution in [2.45, 2.75) is 13.8 Å². The van der Waals surface area contributed by atoms with Crippen molar-refractivity contribution in [3.8, 4) is 11.1 Å². The zero-order valence-electron chi connectivity index (χ0n) is 13.9. The summed E-state index contributed by atoms with van der Waals surface area (Å²) in [5.41, 5.74) is 5.28. The Morgan fingerprint density at radius 3 is 1.33 bits per heavy atom. The zero-order valence-corrected chi connectivity index (χ0v) is 16.2. The molecule has 0 N–H and O–H groups in total. The van der Waals surface area contributed by atoms with Crippen molar-refractivity contribution >= 4 is 50.6 Å². The van der Waals surface area contributed by atoms with E-state index in [1.54, 1.807) is 0 Å². The SMILES string of the molecule is Cc1cccc2c(-c3c(P)ccc4c(C)cccc34)c(P)ccc12. The summed E-state index contributed by atoms with van der Waals surface area (Å²) in [7, 11) is 5.85. The van der Waals surface area contributed by atoms with Gasteiger partial charge in [0.25, 0.3) is 0 Å². The van der Waals surface area contributed by atoms with Gasteiger partial charge in [-0.05, 0) is 68.3 Å². The second-order valence-corrected chi connectivity index (χ2v) is 7.64. The van der Waals surface area contributed by atoms with Gasteiger partial charge >= 0.3 is 0 Å². The number of benzene rings is 4. The molecule has 0 saturated carbocycles. The highest BCUT2D eigenvalue weighted by Gasteiger charge is 2.14. The number of fused-ring (bicyclic) bond motifs is 2. The lowest BCUT2D eigenvalue weighted by Gasteiger charge is -2.17. The molecule has 2 unspecified atom stereocenters. The second-order valence-electron chi connectivity index (χ2n) is 6.40. The Hall–Kier alpha value is -1.74. The molecule has 0 aliphatic rings. The summed E-state index contributed by atoms with van der Waals surface area (Å²) in [5, 5.41) is 7.78. The molecule has 4 aromatic rings. The van der Waals surface area contributed by atoms with Crippen LogP contribution in [0.2, 0.25) is 0 Å². The molecule has 2 heteroatoms. The predicted molar refractivity (Wildman–Crippen MR) is 115 cm³/mol. The van der Waals surface area contributed by atoms with E-state index in [1.165, 1.54) is 54.4 Å². The molecule has 0 aliphatic carbocycles. The van der Waals surface area contributed by atoms with Crippen LogP contribution in [0.15, 0.2) is 60.7 Å². The van der Waals surface area contributed by atoms with Gasteiger partial charge in [0, 0.05) is 0 Å². The van der Waals surface area contributed by atoms with E-state index in [1.807, 2.05) is 0 Å². The molecule has 24 heavy (non-hydrogen) atoms. The minimum Gasteiger partial charge on any atom is -0.105 e. The van der Waals surface area contributed by atoms with Crippen LogP contribution in [-0.2, 0) is 0 Å². The van der Waals surface area contributed by atoms with Crippen molar-refractivity contribution < 1.29 is 0 Å². The standard InChI is InChI=1S/C22H20P2/c1-13-5-3-7-17-15(13)9-11-19(23)21(17)22-18-8-4-6-14(2)16(18)10-12-20(22)24/h3-12H,23-24H2,1-2H3.